The zero-order valence-corrected chi connectivity index (χ0v) is 8.40. The number of fused-ring (bicyclic) bond motifs is 1. The zero-order chi connectivity index (χ0) is 11.0. The van der Waals surface area contributed by atoms with Crippen molar-refractivity contribution < 1.29 is 14.3 Å². The number of hydrogen-bond acceptors (Lipinski definition) is 2. The number of carboxylic acids is 1. The highest BCUT2D eigenvalue weighted by Crippen LogP contribution is 2.36. The van der Waals surface area contributed by atoms with Gasteiger partial charge in [-0.1, -0.05) is 0 Å². The molecule has 0 amide bonds. The molecule has 0 bridgehead atoms. The fourth-order valence-corrected chi connectivity index (χ4v) is 2.02. The molecular formula is C11H12FNO2. The first-order chi connectivity index (χ1) is 7.13. The second kappa shape index (κ2) is 3.53. The highest BCUT2D eigenvalue weighted by molar-refractivity contribution is 5.82. The maximum atomic E-state index is 13.0. The number of nitrogens with zero attached hydrogens (tertiary/aromatic N) is 1. The van der Waals surface area contributed by atoms with Crippen LogP contribution in [0.15, 0.2) is 18.2 Å². The van der Waals surface area contributed by atoms with Gasteiger partial charge in [-0.2, -0.15) is 0 Å². The number of benzene rings is 1. The lowest BCUT2D eigenvalue weighted by Gasteiger charge is -2.16. The van der Waals surface area contributed by atoms with E-state index in [9.17, 15) is 9.18 Å². The largest absolute Gasteiger partial charge is 0.481 e. The van der Waals surface area contributed by atoms with Crippen molar-refractivity contribution in [1.82, 2.24) is 0 Å². The summed E-state index contributed by atoms with van der Waals surface area (Å²) in [5.74, 6) is -1.87. The van der Waals surface area contributed by atoms with E-state index in [1.54, 1.807) is 6.07 Å². The molecule has 0 aliphatic carbocycles. The predicted molar refractivity (Wildman–Crippen MR) is 54.7 cm³/mol. The first-order valence-electron chi connectivity index (χ1n) is 4.90. The van der Waals surface area contributed by atoms with Gasteiger partial charge in [0, 0.05) is 18.8 Å². The van der Waals surface area contributed by atoms with E-state index >= 15 is 0 Å². The van der Waals surface area contributed by atoms with Crippen LogP contribution in [0, 0.1) is 5.82 Å². The van der Waals surface area contributed by atoms with Crippen molar-refractivity contribution in [3.8, 4) is 0 Å². The van der Waals surface area contributed by atoms with E-state index in [-0.39, 0.29) is 5.82 Å². The van der Waals surface area contributed by atoms with Crippen LogP contribution in [-0.4, -0.2) is 24.2 Å². The molecule has 1 N–H and O–H groups in total. The van der Waals surface area contributed by atoms with Crippen molar-refractivity contribution in [1.29, 1.82) is 0 Å². The molecule has 1 aromatic rings. The minimum atomic E-state index is -0.891. The second-order valence-electron chi connectivity index (χ2n) is 3.63. The Hall–Kier alpha value is -1.58. The van der Waals surface area contributed by atoms with Gasteiger partial charge in [0.15, 0.2) is 0 Å². The normalized spacial score (nSPS) is 19.1. The van der Waals surface area contributed by atoms with Gasteiger partial charge in [-0.05, 0) is 30.7 Å². The Morgan fingerprint density at radius 1 is 1.67 bits per heavy atom. The number of rotatable bonds is 2. The molecule has 0 spiro atoms. The summed E-state index contributed by atoms with van der Waals surface area (Å²) in [6.45, 7) is 3.13. The molecule has 4 heteroatoms. The predicted octanol–water partition coefficient (Wildman–Crippen LogP) is 1.83. The third-order valence-electron chi connectivity index (χ3n) is 2.79. The molecule has 1 unspecified atom stereocenters. The van der Waals surface area contributed by atoms with E-state index in [2.05, 4.69) is 0 Å². The van der Waals surface area contributed by atoms with Gasteiger partial charge in [0.05, 0.1) is 0 Å². The fraction of sp³-hybridized carbons (Fsp3) is 0.364. The lowest BCUT2D eigenvalue weighted by atomic mass is 10.0. The number of likely N-dealkylation sites (N-methyl/N-ethyl adjacent to an activating group) is 1. The first-order valence-corrected chi connectivity index (χ1v) is 4.90. The summed E-state index contributed by atoms with van der Waals surface area (Å²) in [7, 11) is 0. The summed E-state index contributed by atoms with van der Waals surface area (Å²) in [6, 6.07) is 4.34. The molecule has 1 atom stereocenters. The van der Waals surface area contributed by atoms with Gasteiger partial charge in [-0.25, -0.2) is 4.39 Å². The summed E-state index contributed by atoms with van der Waals surface area (Å²) in [4.78, 5) is 12.9. The van der Waals surface area contributed by atoms with Crippen LogP contribution in [0.1, 0.15) is 18.4 Å². The topological polar surface area (TPSA) is 40.5 Å². The first kappa shape index (κ1) is 9.96. The molecular weight excluding hydrogens is 197 g/mol. The van der Waals surface area contributed by atoms with Gasteiger partial charge in [0.25, 0.3) is 0 Å². The summed E-state index contributed by atoms with van der Waals surface area (Å²) in [6.07, 6.45) is 0. The van der Waals surface area contributed by atoms with Crippen LogP contribution in [0.3, 0.4) is 0 Å². The summed E-state index contributed by atoms with van der Waals surface area (Å²) in [5.41, 5.74) is 1.43. The molecule has 0 radical (unpaired) electrons. The monoisotopic (exact) mass is 209 g/mol. The van der Waals surface area contributed by atoms with Crippen LogP contribution in [0.5, 0.6) is 0 Å². The molecule has 80 valence electrons. The van der Waals surface area contributed by atoms with Crippen molar-refractivity contribution in [3.05, 3.63) is 29.6 Å². The minimum absolute atomic E-state index is 0.377. The maximum Gasteiger partial charge on any atom is 0.312 e. The lowest BCUT2D eigenvalue weighted by molar-refractivity contribution is -0.138. The van der Waals surface area contributed by atoms with Gasteiger partial charge in [-0.15, -0.1) is 0 Å². The molecule has 15 heavy (non-hydrogen) atoms. The van der Waals surface area contributed by atoms with Crippen molar-refractivity contribution in [2.24, 2.45) is 0 Å². The summed E-state index contributed by atoms with van der Waals surface area (Å²) < 4.78 is 13.0. The Kier molecular flexibility index (Phi) is 2.34. The molecule has 1 heterocycles. The van der Waals surface area contributed by atoms with Crippen molar-refractivity contribution in [2.45, 2.75) is 12.8 Å². The number of anilines is 1. The van der Waals surface area contributed by atoms with Gasteiger partial charge < -0.3 is 10.0 Å². The highest BCUT2D eigenvalue weighted by atomic mass is 19.1. The molecule has 0 saturated carbocycles. The standard InChI is InChI=1S/C11H12FNO2/c1-2-13-6-9(11(14)15)8-5-7(12)3-4-10(8)13/h3-5,9H,2,6H2,1H3,(H,14,15). The van der Waals surface area contributed by atoms with Crippen molar-refractivity contribution in [3.63, 3.8) is 0 Å². The van der Waals surface area contributed by atoms with Gasteiger partial charge in [-0.3, -0.25) is 4.79 Å². The Bertz CT molecular complexity index is 406. The van der Waals surface area contributed by atoms with Gasteiger partial charge in [0.1, 0.15) is 11.7 Å². The second-order valence-corrected chi connectivity index (χ2v) is 3.63. The quantitative estimate of drug-likeness (QED) is 0.807. The Morgan fingerprint density at radius 3 is 3.00 bits per heavy atom. The molecule has 1 aromatic carbocycles. The van der Waals surface area contributed by atoms with Crippen molar-refractivity contribution in [2.75, 3.05) is 18.0 Å². The SMILES string of the molecule is CCN1CC(C(=O)O)c2cc(F)ccc21. The van der Waals surface area contributed by atoms with E-state index in [1.807, 2.05) is 11.8 Å². The summed E-state index contributed by atoms with van der Waals surface area (Å²) in [5, 5.41) is 9.02. The van der Waals surface area contributed by atoms with Crippen LogP contribution in [0.2, 0.25) is 0 Å². The van der Waals surface area contributed by atoms with Gasteiger partial charge in [0.2, 0.25) is 0 Å². The van der Waals surface area contributed by atoms with Crippen LogP contribution in [-0.2, 0) is 4.79 Å². The Labute approximate surface area is 87.1 Å². The van der Waals surface area contributed by atoms with E-state index in [0.717, 1.165) is 12.2 Å². The molecule has 1 aliphatic rings. The number of carbonyl (C=O) groups is 1. The van der Waals surface area contributed by atoms with Gasteiger partial charge >= 0.3 is 5.97 Å². The van der Waals surface area contributed by atoms with E-state index in [0.29, 0.717) is 12.1 Å². The number of aliphatic carboxylic acids is 1. The molecule has 0 saturated heterocycles. The lowest BCUT2D eigenvalue weighted by Crippen LogP contribution is -2.23. The molecule has 0 fully saturated rings. The minimum Gasteiger partial charge on any atom is -0.481 e. The van der Waals surface area contributed by atoms with E-state index in [4.69, 9.17) is 5.11 Å². The third kappa shape index (κ3) is 1.56. The average molecular weight is 209 g/mol. The third-order valence-corrected chi connectivity index (χ3v) is 2.79. The number of carboxylic acid groups (broad SMARTS) is 1. The Morgan fingerprint density at radius 2 is 2.40 bits per heavy atom. The van der Waals surface area contributed by atoms with Crippen LogP contribution in [0.4, 0.5) is 10.1 Å². The number of hydrogen-bond donors (Lipinski definition) is 1. The molecule has 1 aliphatic heterocycles. The Balaban J connectivity index is 2.47. The molecule has 0 aromatic heterocycles. The maximum absolute atomic E-state index is 13.0. The molecule has 2 rings (SSSR count). The fourth-order valence-electron chi connectivity index (χ4n) is 2.02. The molecule has 3 nitrogen and oxygen atoms in total. The van der Waals surface area contributed by atoms with Crippen LogP contribution in [0.25, 0.3) is 0 Å². The van der Waals surface area contributed by atoms with E-state index < -0.39 is 11.9 Å². The smallest absolute Gasteiger partial charge is 0.312 e. The van der Waals surface area contributed by atoms with Crippen LogP contribution < -0.4 is 4.90 Å². The van der Waals surface area contributed by atoms with E-state index in [1.165, 1.54) is 12.1 Å². The summed E-state index contributed by atoms with van der Waals surface area (Å²) >= 11 is 0. The zero-order valence-electron chi connectivity index (χ0n) is 8.40. The van der Waals surface area contributed by atoms with Crippen molar-refractivity contribution >= 4 is 11.7 Å². The highest BCUT2D eigenvalue weighted by Gasteiger charge is 2.32. The average Bonchev–Trinajstić information content (AvgIpc) is 2.55. The number of halogens is 1. The van der Waals surface area contributed by atoms with Crippen LogP contribution >= 0.6 is 0 Å².